The SMILES string of the molecule is Cc1ccc(-c2cccc(-c3cccc(N)c3)c2)cc1-c1ccccc1. The highest BCUT2D eigenvalue weighted by molar-refractivity contribution is 5.78. The maximum Gasteiger partial charge on any atom is 0.0320 e. The zero-order valence-corrected chi connectivity index (χ0v) is 14.8. The first-order chi connectivity index (χ1) is 12.7. The molecular weight excluding hydrogens is 314 g/mol. The molecule has 26 heavy (non-hydrogen) atoms. The Morgan fingerprint density at radius 2 is 1.08 bits per heavy atom. The Kier molecular flexibility index (Phi) is 4.28. The Morgan fingerprint density at radius 3 is 1.77 bits per heavy atom. The molecule has 0 radical (unpaired) electrons. The van der Waals surface area contributed by atoms with Gasteiger partial charge in [0.05, 0.1) is 0 Å². The lowest BCUT2D eigenvalue weighted by molar-refractivity contribution is 1.45. The number of rotatable bonds is 3. The van der Waals surface area contributed by atoms with Gasteiger partial charge in [0.2, 0.25) is 0 Å². The average Bonchev–Trinajstić information content (AvgIpc) is 2.69. The summed E-state index contributed by atoms with van der Waals surface area (Å²) in [6.07, 6.45) is 0. The lowest BCUT2D eigenvalue weighted by Crippen LogP contribution is -1.87. The molecular formula is C25H21N. The van der Waals surface area contributed by atoms with Crippen LogP contribution in [-0.4, -0.2) is 0 Å². The molecule has 4 aromatic rings. The Morgan fingerprint density at radius 1 is 0.500 bits per heavy atom. The smallest absolute Gasteiger partial charge is 0.0320 e. The van der Waals surface area contributed by atoms with Crippen LogP contribution in [0.5, 0.6) is 0 Å². The van der Waals surface area contributed by atoms with Crippen LogP contribution in [0.1, 0.15) is 5.56 Å². The van der Waals surface area contributed by atoms with Crippen molar-refractivity contribution < 1.29 is 0 Å². The van der Waals surface area contributed by atoms with Crippen LogP contribution >= 0.6 is 0 Å². The molecule has 4 aromatic carbocycles. The lowest BCUT2D eigenvalue weighted by atomic mass is 9.94. The molecule has 0 aromatic heterocycles. The summed E-state index contributed by atoms with van der Waals surface area (Å²) in [5.41, 5.74) is 15.3. The molecule has 2 N–H and O–H groups in total. The quantitative estimate of drug-likeness (QED) is 0.421. The first kappa shape index (κ1) is 16.2. The van der Waals surface area contributed by atoms with Gasteiger partial charge in [0.1, 0.15) is 0 Å². The number of benzene rings is 4. The van der Waals surface area contributed by atoms with Crippen molar-refractivity contribution in [2.75, 3.05) is 5.73 Å². The monoisotopic (exact) mass is 335 g/mol. The van der Waals surface area contributed by atoms with Gasteiger partial charge in [-0.3, -0.25) is 0 Å². The van der Waals surface area contributed by atoms with Crippen LogP contribution in [0.4, 0.5) is 5.69 Å². The van der Waals surface area contributed by atoms with Crippen molar-refractivity contribution in [2.45, 2.75) is 6.92 Å². The topological polar surface area (TPSA) is 26.0 Å². The van der Waals surface area contributed by atoms with E-state index < -0.39 is 0 Å². The van der Waals surface area contributed by atoms with Gasteiger partial charge in [0.25, 0.3) is 0 Å². The fraction of sp³-hybridized carbons (Fsp3) is 0.0400. The Labute approximate surface area is 154 Å². The van der Waals surface area contributed by atoms with Crippen LogP contribution in [0.3, 0.4) is 0 Å². The summed E-state index contributed by atoms with van der Waals surface area (Å²) in [7, 11) is 0. The van der Waals surface area contributed by atoms with E-state index in [-0.39, 0.29) is 0 Å². The summed E-state index contributed by atoms with van der Waals surface area (Å²) in [5.74, 6) is 0. The van der Waals surface area contributed by atoms with Crippen molar-refractivity contribution in [1.29, 1.82) is 0 Å². The molecule has 0 heterocycles. The molecule has 0 aliphatic carbocycles. The molecule has 0 spiro atoms. The largest absolute Gasteiger partial charge is 0.399 e. The summed E-state index contributed by atoms with van der Waals surface area (Å²) >= 11 is 0. The molecule has 0 unspecified atom stereocenters. The molecule has 0 saturated carbocycles. The third kappa shape index (κ3) is 3.25. The lowest BCUT2D eigenvalue weighted by Gasteiger charge is -2.11. The zero-order valence-electron chi connectivity index (χ0n) is 14.8. The van der Waals surface area contributed by atoms with E-state index in [1.807, 2.05) is 18.2 Å². The van der Waals surface area contributed by atoms with Gasteiger partial charge in [-0.2, -0.15) is 0 Å². The van der Waals surface area contributed by atoms with E-state index in [9.17, 15) is 0 Å². The number of nitrogens with two attached hydrogens (primary N) is 1. The van der Waals surface area contributed by atoms with E-state index in [1.54, 1.807) is 0 Å². The highest BCUT2D eigenvalue weighted by atomic mass is 14.5. The third-order valence-electron chi connectivity index (χ3n) is 4.74. The fourth-order valence-electron chi connectivity index (χ4n) is 3.33. The number of aryl methyl sites for hydroxylation is 1. The van der Waals surface area contributed by atoms with E-state index >= 15 is 0 Å². The molecule has 0 atom stereocenters. The van der Waals surface area contributed by atoms with Crippen LogP contribution < -0.4 is 5.73 Å². The summed E-state index contributed by atoms with van der Waals surface area (Å²) in [6, 6.07) is 33.9. The van der Waals surface area contributed by atoms with E-state index in [2.05, 4.69) is 85.8 Å². The second-order valence-corrected chi connectivity index (χ2v) is 6.60. The maximum absolute atomic E-state index is 5.95. The summed E-state index contributed by atoms with van der Waals surface area (Å²) in [4.78, 5) is 0. The van der Waals surface area contributed by atoms with Crippen LogP contribution in [0, 0.1) is 6.92 Å². The second kappa shape index (κ2) is 6.89. The van der Waals surface area contributed by atoms with Crippen molar-refractivity contribution in [3.63, 3.8) is 0 Å². The van der Waals surface area contributed by atoms with Crippen LogP contribution in [0.15, 0.2) is 97.1 Å². The Balaban J connectivity index is 1.78. The Hall–Kier alpha value is -3.32. The first-order valence-corrected chi connectivity index (χ1v) is 8.83. The molecule has 4 rings (SSSR count). The molecule has 0 amide bonds. The first-order valence-electron chi connectivity index (χ1n) is 8.83. The van der Waals surface area contributed by atoms with Gasteiger partial charge in [-0.05, 0) is 70.1 Å². The van der Waals surface area contributed by atoms with Gasteiger partial charge < -0.3 is 5.73 Å². The number of nitrogen functional groups attached to an aromatic ring is 1. The highest BCUT2D eigenvalue weighted by Crippen LogP contribution is 2.31. The molecule has 0 fully saturated rings. The number of hydrogen-bond acceptors (Lipinski definition) is 1. The van der Waals surface area contributed by atoms with E-state index in [0.29, 0.717) is 0 Å². The third-order valence-corrected chi connectivity index (χ3v) is 4.74. The van der Waals surface area contributed by atoms with Crippen LogP contribution in [0.2, 0.25) is 0 Å². The van der Waals surface area contributed by atoms with Crippen molar-refractivity contribution in [1.82, 2.24) is 0 Å². The summed E-state index contributed by atoms with van der Waals surface area (Å²) < 4.78 is 0. The minimum atomic E-state index is 0.787. The molecule has 1 heteroatoms. The van der Waals surface area contributed by atoms with Gasteiger partial charge in [0.15, 0.2) is 0 Å². The van der Waals surface area contributed by atoms with Gasteiger partial charge in [-0.15, -0.1) is 0 Å². The Bertz CT molecular complexity index is 1050. The van der Waals surface area contributed by atoms with Crippen LogP contribution in [-0.2, 0) is 0 Å². The zero-order chi connectivity index (χ0) is 17.9. The second-order valence-electron chi connectivity index (χ2n) is 6.60. The molecule has 1 nitrogen and oxygen atoms in total. The van der Waals surface area contributed by atoms with E-state index in [1.165, 1.54) is 33.4 Å². The van der Waals surface area contributed by atoms with Gasteiger partial charge in [-0.25, -0.2) is 0 Å². The fourth-order valence-corrected chi connectivity index (χ4v) is 3.33. The summed E-state index contributed by atoms with van der Waals surface area (Å²) in [5, 5.41) is 0. The number of anilines is 1. The molecule has 0 bridgehead atoms. The predicted octanol–water partition coefficient (Wildman–Crippen LogP) is 6.58. The van der Waals surface area contributed by atoms with Gasteiger partial charge in [0, 0.05) is 5.69 Å². The molecule has 0 aliphatic rings. The molecule has 0 saturated heterocycles. The maximum atomic E-state index is 5.95. The van der Waals surface area contributed by atoms with Gasteiger partial charge in [-0.1, -0.05) is 72.8 Å². The molecule has 0 aliphatic heterocycles. The minimum absolute atomic E-state index is 0.787. The average molecular weight is 335 g/mol. The van der Waals surface area contributed by atoms with Crippen molar-refractivity contribution in [3.05, 3.63) is 103 Å². The predicted molar refractivity (Wildman–Crippen MR) is 112 cm³/mol. The standard InChI is InChI=1S/C25H21N/c1-18-13-14-23(17-25(18)19-7-3-2-4-8-19)21-10-5-9-20(15-21)22-11-6-12-24(26)16-22/h2-17H,26H2,1H3. The highest BCUT2D eigenvalue weighted by Gasteiger charge is 2.06. The van der Waals surface area contributed by atoms with E-state index in [4.69, 9.17) is 5.73 Å². The minimum Gasteiger partial charge on any atom is -0.399 e. The van der Waals surface area contributed by atoms with Crippen molar-refractivity contribution in [3.8, 4) is 33.4 Å². The molecule has 126 valence electrons. The summed E-state index contributed by atoms with van der Waals surface area (Å²) in [6.45, 7) is 2.16. The number of hydrogen-bond donors (Lipinski definition) is 1. The van der Waals surface area contributed by atoms with Crippen molar-refractivity contribution >= 4 is 5.69 Å². The van der Waals surface area contributed by atoms with Crippen molar-refractivity contribution in [2.24, 2.45) is 0 Å². The van der Waals surface area contributed by atoms with E-state index in [0.717, 1.165) is 11.3 Å². The van der Waals surface area contributed by atoms with Gasteiger partial charge >= 0.3 is 0 Å². The normalized spacial score (nSPS) is 10.7. The van der Waals surface area contributed by atoms with Crippen LogP contribution in [0.25, 0.3) is 33.4 Å².